The van der Waals surface area contributed by atoms with Gasteiger partial charge in [0, 0.05) is 10.4 Å². The molecule has 3 N–H and O–H groups in total. The molecular formula is C15H16N2O3S. The van der Waals surface area contributed by atoms with Crippen molar-refractivity contribution in [3.63, 3.8) is 0 Å². The van der Waals surface area contributed by atoms with Gasteiger partial charge in [-0.25, -0.2) is 0 Å². The molecule has 2 rings (SSSR count). The fourth-order valence-corrected chi connectivity index (χ4v) is 2.58. The largest absolute Gasteiger partial charge is 0.484 e. The van der Waals surface area contributed by atoms with Crippen molar-refractivity contribution < 1.29 is 14.3 Å². The van der Waals surface area contributed by atoms with Crippen molar-refractivity contribution in [2.45, 2.75) is 13.5 Å². The maximum Gasteiger partial charge on any atom is 0.255 e. The molecular weight excluding hydrogens is 288 g/mol. The summed E-state index contributed by atoms with van der Waals surface area (Å²) in [4.78, 5) is 23.9. The first-order chi connectivity index (χ1) is 10.1. The lowest BCUT2D eigenvalue weighted by Crippen LogP contribution is -2.23. The Morgan fingerprint density at radius 3 is 2.81 bits per heavy atom. The van der Waals surface area contributed by atoms with Crippen LogP contribution in [0, 0.1) is 6.92 Å². The van der Waals surface area contributed by atoms with Gasteiger partial charge >= 0.3 is 0 Å². The van der Waals surface area contributed by atoms with Gasteiger partial charge in [0.25, 0.3) is 11.8 Å². The van der Waals surface area contributed by atoms with Crippen LogP contribution in [0.25, 0.3) is 0 Å². The van der Waals surface area contributed by atoms with Crippen LogP contribution in [0.15, 0.2) is 35.7 Å². The quantitative estimate of drug-likeness (QED) is 0.854. The molecule has 110 valence electrons. The minimum absolute atomic E-state index is 0.188. The molecule has 1 aromatic carbocycles. The molecule has 0 saturated carbocycles. The lowest BCUT2D eigenvalue weighted by molar-refractivity contribution is -0.119. The van der Waals surface area contributed by atoms with Crippen LogP contribution < -0.4 is 15.8 Å². The molecule has 21 heavy (non-hydrogen) atoms. The molecule has 1 heterocycles. The van der Waals surface area contributed by atoms with Crippen LogP contribution in [-0.4, -0.2) is 18.4 Å². The van der Waals surface area contributed by atoms with E-state index < -0.39 is 5.91 Å². The summed E-state index contributed by atoms with van der Waals surface area (Å²) in [5.41, 5.74) is 6.66. The van der Waals surface area contributed by atoms with Crippen LogP contribution in [-0.2, 0) is 11.3 Å². The lowest BCUT2D eigenvalue weighted by Gasteiger charge is -2.07. The van der Waals surface area contributed by atoms with E-state index in [9.17, 15) is 9.59 Å². The Morgan fingerprint density at radius 1 is 1.33 bits per heavy atom. The van der Waals surface area contributed by atoms with Crippen molar-refractivity contribution in [1.82, 2.24) is 5.32 Å². The average Bonchev–Trinajstić information content (AvgIpc) is 2.88. The van der Waals surface area contributed by atoms with Crippen LogP contribution in [0.3, 0.4) is 0 Å². The second-order valence-corrected chi connectivity index (χ2v) is 5.49. The molecule has 0 saturated heterocycles. The van der Waals surface area contributed by atoms with Gasteiger partial charge in [-0.15, -0.1) is 11.3 Å². The number of hydrogen-bond acceptors (Lipinski definition) is 4. The van der Waals surface area contributed by atoms with E-state index in [4.69, 9.17) is 10.5 Å². The van der Waals surface area contributed by atoms with E-state index in [1.165, 1.54) is 5.56 Å². The molecule has 0 spiro atoms. The zero-order valence-corrected chi connectivity index (χ0v) is 12.4. The first-order valence-corrected chi connectivity index (χ1v) is 7.26. The Morgan fingerprint density at radius 2 is 2.14 bits per heavy atom. The summed E-state index contributed by atoms with van der Waals surface area (Å²) in [7, 11) is 0. The van der Waals surface area contributed by atoms with Crippen LogP contribution in [0.5, 0.6) is 5.75 Å². The maximum atomic E-state index is 12.1. The zero-order chi connectivity index (χ0) is 15.2. The predicted molar refractivity (Wildman–Crippen MR) is 81.4 cm³/mol. The van der Waals surface area contributed by atoms with Crippen molar-refractivity contribution in [2.75, 3.05) is 6.61 Å². The normalized spacial score (nSPS) is 10.1. The van der Waals surface area contributed by atoms with Gasteiger partial charge in [-0.1, -0.05) is 6.07 Å². The van der Waals surface area contributed by atoms with E-state index in [1.807, 2.05) is 18.4 Å². The molecule has 2 amide bonds. The third kappa shape index (κ3) is 4.32. The molecule has 0 atom stereocenters. The molecule has 2 aromatic rings. The van der Waals surface area contributed by atoms with Gasteiger partial charge in [-0.3, -0.25) is 9.59 Å². The van der Waals surface area contributed by atoms with E-state index in [-0.39, 0.29) is 12.5 Å². The van der Waals surface area contributed by atoms with Gasteiger partial charge in [0.1, 0.15) is 5.75 Å². The summed E-state index contributed by atoms with van der Waals surface area (Å²) < 4.78 is 5.18. The van der Waals surface area contributed by atoms with E-state index >= 15 is 0 Å². The monoisotopic (exact) mass is 304 g/mol. The van der Waals surface area contributed by atoms with Gasteiger partial charge in [0.15, 0.2) is 6.61 Å². The van der Waals surface area contributed by atoms with Gasteiger partial charge in [-0.05, 0) is 42.1 Å². The number of amides is 2. The topological polar surface area (TPSA) is 81.4 Å². The number of primary amides is 1. The van der Waals surface area contributed by atoms with Crippen LogP contribution in [0.2, 0.25) is 0 Å². The Kier molecular flexibility index (Phi) is 4.94. The zero-order valence-electron chi connectivity index (χ0n) is 11.6. The third-order valence-corrected chi connectivity index (χ3v) is 3.88. The number of aryl methyl sites for hydroxylation is 1. The minimum atomic E-state index is -0.557. The van der Waals surface area contributed by atoms with E-state index in [0.717, 1.165) is 4.88 Å². The molecule has 0 radical (unpaired) electrons. The molecule has 5 nitrogen and oxygen atoms in total. The molecule has 0 bridgehead atoms. The average molecular weight is 304 g/mol. The highest BCUT2D eigenvalue weighted by molar-refractivity contribution is 7.10. The summed E-state index contributed by atoms with van der Waals surface area (Å²) in [5.74, 6) is -0.306. The Bertz CT molecular complexity index is 652. The molecule has 1 aromatic heterocycles. The Balaban J connectivity index is 1.97. The SMILES string of the molecule is Cc1ccsc1CNC(=O)c1cccc(OCC(N)=O)c1. The Hall–Kier alpha value is -2.34. The standard InChI is InChI=1S/C15H16N2O3S/c1-10-5-6-21-13(10)8-17-15(19)11-3-2-4-12(7-11)20-9-14(16)18/h2-7H,8-9H2,1H3,(H2,16,18)(H,17,19). The maximum absolute atomic E-state index is 12.1. The fraction of sp³-hybridized carbons (Fsp3) is 0.200. The number of benzene rings is 1. The Labute approximate surface area is 126 Å². The number of rotatable bonds is 6. The van der Waals surface area contributed by atoms with Crippen molar-refractivity contribution in [1.29, 1.82) is 0 Å². The number of nitrogens with two attached hydrogens (primary N) is 1. The van der Waals surface area contributed by atoms with Gasteiger partial charge in [0.05, 0.1) is 6.54 Å². The summed E-state index contributed by atoms with van der Waals surface area (Å²) in [6.45, 7) is 2.30. The van der Waals surface area contributed by atoms with E-state index in [2.05, 4.69) is 5.32 Å². The number of carbonyl (C=O) groups is 2. The highest BCUT2D eigenvalue weighted by Crippen LogP contribution is 2.16. The molecule has 0 unspecified atom stereocenters. The van der Waals surface area contributed by atoms with Crippen molar-refractivity contribution in [2.24, 2.45) is 5.73 Å². The van der Waals surface area contributed by atoms with E-state index in [1.54, 1.807) is 35.6 Å². The lowest BCUT2D eigenvalue weighted by atomic mass is 10.2. The van der Waals surface area contributed by atoms with Gasteiger partial charge in [0.2, 0.25) is 0 Å². The molecule has 0 aliphatic carbocycles. The number of hydrogen-bond donors (Lipinski definition) is 2. The molecule has 0 aliphatic heterocycles. The smallest absolute Gasteiger partial charge is 0.255 e. The van der Waals surface area contributed by atoms with Gasteiger partial charge in [-0.2, -0.15) is 0 Å². The first kappa shape index (κ1) is 15.1. The summed E-state index contributed by atoms with van der Waals surface area (Å²) in [6.07, 6.45) is 0. The number of nitrogens with one attached hydrogen (secondary N) is 1. The summed E-state index contributed by atoms with van der Waals surface area (Å²) >= 11 is 1.61. The first-order valence-electron chi connectivity index (χ1n) is 6.38. The van der Waals surface area contributed by atoms with Crippen LogP contribution in [0.4, 0.5) is 0 Å². The van der Waals surface area contributed by atoms with Crippen molar-refractivity contribution >= 4 is 23.2 Å². The molecule has 6 heteroatoms. The third-order valence-electron chi connectivity index (χ3n) is 2.85. The summed E-state index contributed by atoms with van der Waals surface area (Å²) in [5, 5.41) is 4.85. The van der Waals surface area contributed by atoms with Crippen molar-refractivity contribution in [3.05, 3.63) is 51.7 Å². The number of carbonyl (C=O) groups excluding carboxylic acids is 2. The molecule has 0 fully saturated rings. The van der Waals surface area contributed by atoms with Gasteiger partial charge < -0.3 is 15.8 Å². The predicted octanol–water partition coefficient (Wildman–Crippen LogP) is 1.85. The number of thiophene rings is 1. The fourth-order valence-electron chi connectivity index (χ4n) is 1.73. The second kappa shape index (κ2) is 6.90. The minimum Gasteiger partial charge on any atom is -0.484 e. The van der Waals surface area contributed by atoms with Crippen molar-refractivity contribution in [3.8, 4) is 5.75 Å². The highest BCUT2D eigenvalue weighted by atomic mass is 32.1. The van der Waals surface area contributed by atoms with Crippen LogP contribution >= 0.6 is 11.3 Å². The van der Waals surface area contributed by atoms with Crippen LogP contribution in [0.1, 0.15) is 20.8 Å². The summed E-state index contributed by atoms with van der Waals surface area (Å²) in [6, 6.07) is 8.66. The second-order valence-electron chi connectivity index (χ2n) is 4.49. The molecule has 0 aliphatic rings. The number of ether oxygens (including phenoxy) is 1. The van der Waals surface area contributed by atoms with E-state index in [0.29, 0.717) is 17.9 Å². The highest BCUT2D eigenvalue weighted by Gasteiger charge is 2.08.